The van der Waals surface area contributed by atoms with Crippen LogP contribution in [0.5, 0.6) is 5.75 Å². The molecule has 0 bridgehead atoms. The molecule has 1 heterocycles. The molecule has 0 radical (unpaired) electrons. The van der Waals surface area contributed by atoms with Crippen molar-refractivity contribution >= 4 is 17.5 Å². The Kier molecular flexibility index (Phi) is 5.16. The number of carbonyl (C=O) groups is 2. The third kappa shape index (κ3) is 3.85. The summed E-state index contributed by atoms with van der Waals surface area (Å²) in [6.45, 7) is 0.779. The monoisotopic (exact) mass is 303 g/mol. The van der Waals surface area contributed by atoms with Gasteiger partial charge >= 0.3 is 0 Å². The van der Waals surface area contributed by atoms with E-state index in [9.17, 15) is 9.59 Å². The van der Waals surface area contributed by atoms with Crippen LogP contribution in [0.3, 0.4) is 0 Å². The third-order valence-electron chi connectivity index (χ3n) is 3.32. The molecule has 0 saturated heterocycles. The quantitative estimate of drug-likeness (QED) is 0.830. The predicted octanol–water partition coefficient (Wildman–Crippen LogP) is 0.644. The highest BCUT2D eigenvalue weighted by atomic mass is 16.5. The Morgan fingerprint density at radius 2 is 2.18 bits per heavy atom. The summed E-state index contributed by atoms with van der Waals surface area (Å²) in [6, 6.07) is 6.61. The molecule has 118 valence electrons. The lowest BCUT2D eigenvalue weighted by Gasteiger charge is -2.19. The summed E-state index contributed by atoms with van der Waals surface area (Å²) in [4.78, 5) is 27.8. The third-order valence-corrected chi connectivity index (χ3v) is 3.32. The normalized spacial score (nSPS) is 18.1. The molecular weight excluding hydrogens is 282 g/mol. The molecule has 6 heteroatoms. The van der Waals surface area contributed by atoms with E-state index in [-0.39, 0.29) is 18.4 Å². The second-order valence-electron chi connectivity index (χ2n) is 5.40. The maximum Gasteiger partial charge on any atom is 0.252 e. The summed E-state index contributed by atoms with van der Waals surface area (Å²) >= 11 is 0. The van der Waals surface area contributed by atoms with Gasteiger partial charge in [0.1, 0.15) is 18.4 Å². The minimum atomic E-state index is -0.700. The van der Waals surface area contributed by atoms with Gasteiger partial charge in [-0.1, -0.05) is 18.2 Å². The van der Waals surface area contributed by atoms with E-state index in [1.807, 2.05) is 37.2 Å². The second kappa shape index (κ2) is 7.09. The van der Waals surface area contributed by atoms with Crippen LogP contribution in [-0.4, -0.2) is 57.1 Å². The molecule has 2 amide bonds. The van der Waals surface area contributed by atoms with Gasteiger partial charge in [0, 0.05) is 19.7 Å². The van der Waals surface area contributed by atoms with Gasteiger partial charge in [0.05, 0.1) is 5.69 Å². The maximum absolute atomic E-state index is 12.4. The van der Waals surface area contributed by atoms with Crippen molar-refractivity contribution in [3.8, 4) is 5.75 Å². The molecule has 0 aliphatic carbocycles. The first-order chi connectivity index (χ1) is 10.5. The zero-order valence-corrected chi connectivity index (χ0v) is 13.1. The van der Waals surface area contributed by atoms with Crippen LogP contribution in [-0.2, 0) is 9.59 Å². The van der Waals surface area contributed by atoms with Gasteiger partial charge in [-0.3, -0.25) is 9.59 Å². The number of hydrogen-bond donors (Lipinski definition) is 1. The maximum atomic E-state index is 12.4. The standard InChI is InChI=1S/C16H21N3O3/c1-18(2)10-6-9-15(20)17-12-11-22-14-8-5-4-7-13(14)19(3)16(12)21/h4-9,12H,10-11H2,1-3H3,(H,17,20)/b9-6+/t12-/m1/s1. The molecule has 1 aliphatic rings. The number of para-hydroxylation sites is 2. The summed E-state index contributed by atoms with van der Waals surface area (Å²) in [5.41, 5.74) is 0.701. The van der Waals surface area contributed by atoms with E-state index in [1.165, 1.54) is 11.0 Å². The van der Waals surface area contributed by atoms with Gasteiger partial charge in [0.15, 0.2) is 0 Å². The van der Waals surface area contributed by atoms with E-state index in [0.717, 1.165) is 0 Å². The molecule has 1 aromatic rings. The molecule has 22 heavy (non-hydrogen) atoms. The zero-order chi connectivity index (χ0) is 16.1. The number of benzene rings is 1. The number of anilines is 1. The molecular formula is C16H21N3O3. The molecule has 0 fully saturated rings. The van der Waals surface area contributed by atoms with Gasteiger partial charge in [-0.05, 0) is 26.2 Å². The van der Waals surface area contributed by atoms with E-state index in [1.54, 1.807) is 19.2 Å². The van der Waals surface area contributed by atoms with Crippen LogP contribution < -0.4 is 15.0 Å². The van der Waals surface area contributed by atoms with Crippen LogP contribution >= 0.6 is 0 Å². The summed E-state index contributed by atoms with van der Waals surface area (Å²) in [5.74, 6) is 0.140. The number of hydrogen-bond acceptors (Lipinski definition) is 4. The van der Waals surface area contributed by atoms with Crippen molar-refractivity contribution in [2.75, 3.05) is 39.2 Å². The van der Waals surface area contributed by atoms with E-state index in [4.69, 9.17) is 4.74 Å². The summed E-state index contributed by atoms with van der Waals surface area (Å²) in [7, 11) is 5.51. The first-order valence-electron chi connectivity index (χ1n) is 7.10. The van der Waals surface area contributed by atoms with Crippen LogP contribution in [0.2, 0.25) is 0 Å². The minimum absolute atomic E-state index is 0.118. The van der Waals surface area contributed by atoms with Crippen molar-refractivity contribution in [1.82, 2.24) is 10.2 Å². The topological polar surface area (TPSA) is 61.9 Å². The van der Waals surface area contributed by atoms with Gasteiger partial charge in [0.2, 0.25) is 5.91 Å². The van der Waals surface area contributed by atoms with Gasteiger partial charge in [-0.2, -0.15) is 0 Å². The summed E-state index contributed by atoms with van der Waals surface area (Å²) in [5, 5.41) is 2.69. The minimum Gasteiger partial charge on any atom is -0.489 e. The number of carbonyl (C=O) groups excluding carboxylic acids is 2. The number of rotatable bonds is 4. The molecule has 1 aromatic carbocycles. The SMILES string of the molecule is CN(C)C/C=C/C(=O)N[C@@H]1COc2ccccc2N(C)C1=O. The van der Waals surface area contributed by atoms with Crippen LogP contribution in [0.25, 0.3) is 0 Å². The highest BCUT2D eigenvalue weighted by Gasteiger charge is 2.29. The van der Waals surface area contributed by atoms with Crippen LogP contribution in [0.1, 0.15) is 0 Å². The summed E-state index contributed by atoms with van der Waals surface area (Å²) in [6.07, 6.45) is 3.18. The number of ether oxygens (including phenoxy) is 1. The Balaban J connectivity index is 2.03. The van der Waals surface area contributed by atoms with Crippen molar-refractivity contribution in [1.29, 1.82) is 0 Å². The average Bonchev–Trinajstić information content (AvgIpc) is 2.60. The van der Waals surface area contributed by atoms with E-state index >= 15 is 0 Å². The van der Waals surface area contributed by atoms with Crippen molar-refractivity contribution in [3.05, 3.63) is 36.4 Å². The lowest BCUT2D eigenvalue weighted by molar-refractivity contribution is -0.125. The number of nitrogens with zero attached hydrogens (tertiary/aromatic N) is 2. The first kappa shape index (κ1) is 16.0. The molecule has 0 aromatic heterocycles. The van der Waals surface area contributed by atoms with Crippen molar-refractivity contribution < 1.29 is 14.3 Å². The van der Waals surface area contributed by atoms with Crippen LogP contribution in [0.15, 0.2) is 36.4 Å². The molecule has 0 spiro atoms. The fourth-order valence-electron chi connectivity index (χ4n) is 2.15. The lowest BCUT2D eigenvalue weighted by Crippen LogP contribution is -2.49. The summed E-state index contributed by atoms with van der Waals surface area (Å²) < 4.78 is 5.64. The Labute approximate surface area is 130 Å². The second-order valence-corrected chi connectivity index (χ2v) is 5.40. The van der Waals surface area contributed by atoms with E-state index in [2.05, 4.69) is 5.32 Å². The molecule has 2 rings (SSSR count). The van der Waals surface area contributed by atoms with Crippen LogP contribution in [0.4, 0.5) is 5.69 Å². The number of fused-ring (bicyclic) bond motifs is 1. The molecule has 1 N–H and O–H groups in total. The smallest absolute Gasteiger partial charge is 0.252 e. The molecule has 1 aliphatic heterocycles. The number of amides is 2. The van der Waals surface area contributed by atoms with Crippen LogP contribution in [0, 0.1) is 0 Å². The average molecular weight is 303 g/mol. The molecule has 0 saturated carbocycles. The van der Waals surface area contributed by atoms with Gasteiger partial charge in [-0.25, -0.2) is 0 Å². The predicted molar refractivity (Wildman–Crippen MR) is 85.0 cm³/mol. The Hall–Kier alpha value is -2.34. The zero-order valence-electron chi connectivity index (χ0n) is 13.1. The van der Waals surface area contributed by atoms with E-state index in [0.29, 0.717) is 18.0 Å². The van der Waals surface area contributed by atoms with Crippen molar-refractivity contribution in [2.45, 2.75) is 6.04 Å². The Morgan fingerprint density at radius 3 is 2.91 bits per heavy atom. The fraction of sp³-hybridized carbons (Fsp3) is 0.375. The van der Waals surface area contributed by atoms with Crippen molar-refractivity contribution in [2.24, 2.45) is 0 Å². The highest BCUT2D eigenvalue weighted by Crippen LogP contribution is 2.29. The molecule has 0 unspecified atom stereocenters. The first-order valence-corrected chi connectivity index (χ1v) is 7.10. The van der Waals surface area contributed by atoms with Gasteiger partial charge in [0.25, 0.3) is 5.91 Å². The van der Waals surface area contributed by atoms with Gasteiger partial charge in [-0.15, -0.1) is 0 Å². The van der Waals surface area contributed by atoms with Gasteiger partial charge < -0.3 is 19.9 Å². The van der Waals surface area contributed by atoms with Crippen molar-refractivity contribution in [3.63, 3.8) is 0 Å². The highest BCUT2D eigenvalue weighted by molar-refractivity contribution is 6.01. The molecule has 6 nitrogen and oxygen atoms in total. The fourth-order valence-corrected chi connectivity index (χ4v) is 2.15. The number of nitrogens with one attached hydrogen (secondary N) is 1. The molecule has 1 atom stereocenters. The lowest BCUT2D eigenvalue weighted by atomic mass is 10.2. The Morgan fingerprint density at radius 1 is 1.45 bits per heavy atom. The van der Waals surface area contributed by atoms with E-state index < -0.39 is 6.04 Å². The largest absolute Gasteiger partial charge is 0.489 e. The Bertz CT molecular complexity index is 584. The number of likely N-dealkylation sites (N-methyl/N-ethyl adjacent to an activating group) is 2.